The van der Waals surface area contributed by atoms with E-state index >= 15 is 0 Å². The second kappa shape index (κ2) is 8.61. The average molecular weight is 396 g/mol. The number of rotatable bonds is 8. The van der Waals surface area contributed by atoms with Crippen LogP contribution in [0.25, 0.3) is 0 Å². The number of unbranched alkanes of at least 4 members (excludes halogenated alkanes) is 2. The molecular formula is C20H32N2O6. The van der Waals surface area contributed by atoms with Gasteiger partial charge < -0.3 is 14.6 Å². The Labute approximate surface area is 164 Å². The van der Waals surface area contributed by atoms with Gasteiger partial charge >= 0.3 is 11.7 Å². The fraction of sp³-hybridized carbons (Fsp3) is 0.750. The van der Waals surface area contributed by atoms with E-state index in [4.69, 9.17) is 9.47 Å². The molecule has 0 aromatic carbocycles. The van der Waals surface area contributed by atoms with Crippen LogP contribution in [-0.4, -0.2) is 39.4 Å². The minimum absolute atomic E-state index is 0.102. The standard InChI is InChI=1S/C20H32N2O6/c1-6-7-8-10-19(2,3)17(25)27-12-13-15(24)20(4,5)16(28-13)22-11-9-14(23)21-18(22)26/h9,11,13,15-16,24H,6-8,10,12H2,1-5H3,(H,21,23,26)/t13-,15?,16-/m1/s1. The number of H-pyrrole nitrogens is 1. The third-order valence-corrected chi connectivity index (χ3v) is 5.50. The molecule has 1 saturated heterocycles. The van der Waals surface area contributed by atoms with E-state index in [0.717, 1.165) is 25.7 Å². The maximum absolute atomic E-state index is 12.5. The van der Waals surface area contributed by atoms with Gasteiger partial charge in [-0.05, 0) is 20.3 Å². The molecule has 2 heterocycles. The minimum Gasteiger partial charge on any atom is -0.462 e. The summed E-state index contributed by atoms with van der Waals surface area (Å²) in [4.78, 5) is 38.1. The highest BCUT2D eigenvalue weighted by Gasteiger charge is 2.51. The second-order valence-electron chi connectivity index (χ2n) is 8.75. The summed E-state index contributed by atoms with van der Waals surface area (Å²) in [5, 5.41) is 10.7. The lowest BCUT2D eigenvalue weighted by Gasteiger charge is -2.28. The Hall–Kier alpha value is -1.93. The highest BCUT2D eigenvalue weighted by atomic mass is 16.6. The summed E-state index contributed by atoms with van der Waals surface area (Å²) in [6, 6.07) is 1.22. The highest BCUT2D eigenvalue weighted by molar-refractivity contribution is 5.75. The van der Waals surface area contributed by atoms with Gasteiger partial charge in [0.1, 0.15) is 18.9 Å². The number of carbonyl (C=O) groups excluding carboxylic acids is 1. The summed E-state index contributed by atoms with van der Waals surface area (Å²) < 4.78 is 12.6. The Morgan fingerprint density at radius 2 is 2.04 bits per heavy atom. The molecule has 1 unspecified atom stereocenters. The molecule has 3 atom stereocenters. The zero-order valence-electron chi connectivity index (χ0n) is 17.4. The van der Waals surface area contributed by atoms with Crippen molar-refractivity contribution in [3.63, 3.8) is 0 Å². The summed E-state index contributed by atoms with van der Waals surface area (Å²) in [7, 11) is 0. The predicted octanol–water partition coefficient (Wildman–Crippen LogP) is 1.97. The molecule has 2 rings (SSSR count). The number of nitrogens with one attached hydrogen (secondary N) is 1. The smallest absolute Gasteiger partial charge is 0.330 e. The summed E-state index contributed by atoms with van der Waals surface area (Å²) in [6.45, 7) is 9.23. The number of aliphatic hydroxyl groups is 1. The molecule has 0 saturated carbocycles. The lowest BCUT2D eigenvalue weighted by molar-refractivity contribution is -0.160. The zero-order chi connectivity index (χ0) is 21.1. The van der Waals surface area contributed by atoms with E-state index in [1.165, 1.54) is 16.8 Å². The molecular weight excluding hydrogens is 364 g/mol. The van der Waals surface area contributed by atoms with Gasteiger partial charge in [-0.25, -0.2) is 4.79 Å². The van der Waals surface area contributed by atoms with Gasteiger partial charge in [-0.2, -0.15) is 0 Å². The number of carbonyl (C=O) groups is 1. The van der Waals surface area contributed by atoms with Crippen molar-refractivity contribution in [3.8, 4) is 0 Å². The van der Waals surface area contributed by atoms with Gasteiger partial charge in [0.15, 0.2) is 0 Å². The minimum atomic E-state index is -0.952. The van der Waals surface area contributed by atoms with Crippen molar-refractivity contribution >= 4 is 5.97 Å². The molecule has 0 bridgehead atoms. The van der Waals surface area contributed by atoms with Crippen LogP contribution in [0.15, 0.2) is 21.9 Å². The SMILES string of the molecule is CCCCCC(C)(C)C(=O)OC[C@H]1O[C@@H](n2ccc(=O)[nH]c2=O)C(C)(C)C1O. The number of ether oxygens (including phenoxy) is 2. The zero-order valence-corrected chi connectivity index (χ0v) is 17.4. The average Bonchev–Trinajstić information content (AvgIpc) is 2.83. The van der Waals surface area contributed by atoms with Gasteiger partial charge in [-0.15, -0.1) is 0 Å². The van der Waals surface area contributed by atoms with Crippen molar-refractivity contribution < 1.29 is 19.4 Å². The van der Waals surface area contributed by atoms with Crippen molar-refractivity contribution in [1.82, 2.24) is 9.55 Å². The largest absolute Gasteiger partial charge is 0.462 e. The number of aliphatic hydroxyl groups excluding tert-OH is 1. The van der Waals surface area contributed by atoms with Gasteiger partial charge in [0.25, 0.3) is 5.56 Å². The lowest BCUT2D eigenvalue weighted by atomic mass is 9.84. The molecule has 0 radical (unpaired) electrons. The molecule has 1 aromatic heterocycles. The Morgan fingerprint density at radius 3 is 2.64 bits per heavy atom. The molecule has 0 amide bonds. The van der Waals surface area contributed by atoms with Crippen LogP contribution in [0.3, 0.4) is 0 Å². The molecule has 28 heavy (non-hydrogen) atoms. The summed E-state index contributed by atoms with van der Waals surface area (Å²) in [5.41, 5.74) is -2.56. The Morgan fingerprint density at radius 1 is 1.36 bits per heavy atom. The fourth-order valence-corrected chi connectivity index (χ4v) is 3.48. The quantitative estimate of drug-likeness (QED) is 0.513. The molecule has 1 fully saturated rings. The maximum Gasteiger partial charge on any atom is 0.330 e. The monoisotopic (exact) mass is 396 g/mol. The first-order valence-electron chi connectivity index (χ1n) is 9.83. The van der Waals surface area contributed by atoms with Crippen molar-refractivity contribution in [3.05, 3.63) is 33.1 Å². The Bertz CT molecular complexity index is 794. The molecule has 0 aliphatic carbocycles. The summed E-state index contributed by atoms with van der Waals surface area (Å²) in [5.74, 6) is -0.332. The van der Waals surface area contributed by atoms with E-state index in [1.807, 2.05) is 13.8 Å². The lowest BCUT2D eigenvalue weighted by Crippen LogP contribution is -2.40. The summed E-state index contributed by atoms with van der Waals surface area (Å²) in [6.07, 6.45) is 2.64. The van der Waals surface area contributed by atoms with E-state index in [2.05, 4.69) is 11.9 Å². The fourth-order valence-electron chi connectivity index (χ4n) is 3.48. The molecule has 1 aliphatic rings. The van der Waals surface area contributed by atoms with Crippen LogP contribution in [0.4, 0.5) is 0 Å². The molecule has 158 valence electrons. The molecule has 1 aromatic rings. The van der Waals surface area contributed by atoms with Crippen LogP contribution < -0.4 is 11.2 Å². The van der Waals surface area contributed by atoms with E-state index < -0.39 is 40.5 Å². The van der Waals surface area contributed by atoms with Crippen LogP contribution in [-0.2, 0) is 14.3 Å². The van der Waals surface area contributed by atoms with E-state index in [9.17, 15) is 19.5 Å². The first-order chi connectivity index (χ1) is 13.0. The topological polar surface area (TPSA) is 111 Å². The first-order valence-corrected chi connectivity index (χ1v) is 9.83. The number of aromatic nitrogens is 2. The van der Waals surface area contributed by atoms with E-state index in [-0.39, 0.29) is 12.6 Å². The number of hydrogen-bond donors (Lipinski definition) is 2. The predicted molar refractivity (Wildman–Crippen MR) is 104 cm³/mol. The van der Waals surface area contributed by atoms with Crippen LogP contribution in [0, 0.1) is 10.8 Å². The number of hydrogen-bond acceptors (Lipinski definition) is 6. The number of nitrogens with zero attached hydrogens (tertiary/aromatic N) is 1. The van der Waals surface area contributed by atoms with Crippen LogP contribution >= 0.6 is 0 Å². The maximum atomic E-state index is 12.5. The van der Waals surface area contributed by atoms with Gasteiger partial charge in [-0.1, -0.05) is 40.0 Å². The van der Waals surface area contributed by atoms with E-state index in [0.29, 0.717) is 0 Å². The van der Waals surface area contributed by atoms with Gasteiger partial charge in [-0.3, -0.25) is 19.1 Å². The Kier molecular flexibility index (Phi) is 6.88. The Balaban J connectivity index is 2.06. The molecule has 8 nitrogen and oxygen atoms in total. The highest BCUT2D eigenvalue weighted by Crippen LogP contribution is 2.44. The van der Waals surface area contributed by atoms with Crippen LogP contribution in [0.2, 0.25) is 0 Å². The normalized spacial score (nSPS) is 24.3. The summed E-state index contributed by atoms with van der Waals surface area (Å²) >= 11 is 0. The number of esters is 1. The number of aromatic amines is 1. The first kappa shape index (κ1) is 22.4. The van der Waals surface area contributed by atoms with Crippen LogP contribution in [0.5, 0.6) is 0 Å². The van der Waals surface area contributed by atoms with Crippen molar-refractivity contribution in [1.29, 1.82) is 0 Å². The molecule has 8 heteroatoms. The molecule has 1 aliphatic heterocycles. The van der Waals surface area contributed by atoms with Gasteiger partial charge in [0.2, 0.25) is 0 Å². The van der Waals surface area contributed by atoms with Gasteiger partial charge in [0.05, 0.1) is 11.5 Å². The van der Waals surface area contributed by atoms with Crippen molar-refractivity contribution in [2.24, 2.45) is 10.8 Å². The van der Waals surface area contributed by atoms with Crippen molar-refractivity contribution in [2.75, 3.05) is 6.61 Å². The second-order valence-corrected chi connectivity index (χ2v) is 8.75. The van der Waals surface area contributed by atoms with Crippen LogP contribution in [0.1, 0.15) is 66.5 Å². The molecule has 2 N–H and O–H groups in total. The van der Waals surface area contributed by atoms with Gasteiger partial charge in [0, 0.05) is 17.7 Å². The third-order valence-electron chi connectivity index (χ3n) is 5.50. The molecule has 0 spiro atoms. The third kappa shape index (κ3) is 4.72. The van der Waals surface area contributed by atoms with Crippen molar-refractivity contribution in [2.45, 2.75) is 78.7 Å². The van der Waals surface area contributed by atoms with E-state index in [1.54, 1.807) is 13.8 Å².